The fraction of sp³-hybridized carbons (Fsp3) is 0.250. The molecule has 2 heterocycles. The van der Waals surface area contributed by atoms with Crippen LogP contribution in [0.5, 0.6) is 5.75 Å². The van der Waals surface area contributed by atoms with Gasteiger partial charge in [0.2, 0.25) is 5.91 Å². The largest absolute Gasteiger partial charge is 0.494 e. The second-order valence-electron chi connectivity index (χ2n) is 11.1. The van der Waals surface area contributed by atoms with E-state index in [2.05, 4.69) is 61.0 Å². The second kappa shape index (κ2) is 15.1. The number of aromatic nitrogens is 2. The van der Waals surface area contributed by atoms with Crippen LogP contribution in [0.3, 0.4) is 0 Å². The van der Waals surface area contributed by atoms with E-state index in [-0.39, 0.29) is 11.9 Å². The van der Waals surface area contributed by atoms with Gasteiger partial charge in [-0.3, -0.25) is 9.63 Å². The molecule has 3 aromatic carbocycles. The summed E-state index contributed by atoms with van der Waals surface area (Å²) in [6.45, 7) is 5.74. The summed E-state index contributed by atoms with van der Waals surface area (Å²) in [7, 11) is 7.63. The first kappa shape index (κ1) is 32.0. The minimum absolute atomic E-state index is 0.0477. The highest BCUT2D eigenvalue weighted by atomic mass is 16.7. The standard InChI is InChI=1S/C36H39N7O3/c1-6-36(44)40-29-22-30(33(45-5)23-32(29)42(4)19-18-41(2)3)39-34-24-35(38-25-37-34)43-31(17-20-46-43)28-14-10-13-27(21-28)16-15-26-11-8-7-9-12-26/h6-14,21-25,31H,1,17-20H2,2-5H3,(H,40,44)(H,37,38,39). The molecule has 0 bridgehead atoms. The Morgan fingerprint density at radius 3 is 2.57 bits per heavy atom. The number of likely N-dealkylation sites (N-methyl/N-ethyl adjacent to an activating group) is 2. The first-order valence-corrected chi connectivity index (χ1v) is 15.0. The molecule has 236 valence electrons. The first-order valence-electron chi connectivity index (χ1n) is 15.0. The maximum atomic E-state index is 12.4. The zero-order valence-electron chi connectivity index (χ0n) is 26.7. The molecule has 10 nitrogen and oxygen atoms in total. The second-order valence-corrected chi connectivity index (χ2v) is 11.1. The van der Waals surface area contributed by atoms with E-state index in [1.54, 1.807) is 7.11 Å². The van der Waals surface area contributed by atoms with E-state index >= 15 is 0 Å². The van der Waals surface area contributed by atoms with Gasteiger partial charge in [-0.2, -0.15) is 0 Å². The Morgan fingerprint density at radius 2 is 1.80 bits per heavy atom. The maximum absolute atomic E-state index is 12.4. The minimum atomic E-state index is -0.310. The average molecular weight is 618 g/mol. The van der Waals surface area contributed by atoms with Gasteiger partial charge in [0.25, 0.3) is 0 Å². The number of ether oxygens (including phenoxy) is 1. The van der Waals surface area contributed by atoms with Crippen molar-refractivity contribution in [3.63, 3.8) is 0 Å². The molecule has 0 aliphatic carbocycles. The molecule has 1 aromatic heterocycles. The molecular formula is C36H39N7O3. The van der Waals surface area contributed by atoms with Gasteiger partial charge in [0.1, 0.15) is 17.9 Å². The van der Waals surface area contributed by atoms with Gasteiger partial charge in [0.05, 0.1) is 36.8 Å². The Balaban J connectivity index is 1.40. The third-order valence-corrected chi connectivity index (χ3v) is 7.50. The van der Waals surface area contributed by atoms with E-state index < -0.39 is 0 Å². The summed E-state index contributed by atoms with van der Waals surface area (Å²) in [4.78, 5) is 31.6. The number of nitrogens with zero attached hydrogens (tertiary/aromatic N) is 5. The van der Waals surface area contributed by atoms with E-state index in [0.29, 0.717) is 35.4 Å². The topological polar surface area (TPSA) is 95.1 Å². The molecule has 2 N–H and O–H groups in total. The van der Waals surface area contributed by atoms with Gasteiger partial charge >= 0.3 is 0 Å². The highest BCUT2D eigenvalue weighted by molar-refractivity contribution is 6.02. The number of hydrogen-bond donors (Lipinski definition) is 2. The normalized spacial score (nSPS) is 13.9. The number of carbonyl (C=O) groups is 1. The van der Waals surface area contributed by atoms with E-state index in [1.165, 1.54) is 12.4 Å². The fourth-order valence-electron chi connectivity index (χ4n) is 5.07. The number of nitrogens with one attached hydrogen (secondary N) is 2. The van der Waals surface area contributed by atoms with Crippen LogP contribution >= 0.6 is 0 Å². The molecule has 1 atom stereocenters. The summed E-state index contributed by atoms with van der Waals surface area (Å²) in [5.74, 6) is 7.94. The van der Waals surface area contributed by atoms with Crippen LogP contribution in [-0.4, -0.2) is 68.7 Å². The van der Waals surface area contributed by atoms with Crippen LogP contribution in [0, 0.1) is 11.8 Å². The maximum Gasteiger partial charge on any atom is 0.247 e. The lowest BCUT2D eigenvalue weighted by atomic mass is 10.0. The molecule has 0 spiro atoms. The highest BCUT2D eigenvalue weighted by Gasteiger charge is 2.29. The van der Waals surface area contributed by atoms with Gasteiger partial charge in [-0.1, -0.05) is 48.8 Å². The lowest BCUT2D eigenvalue weighted by Crippen LogP contribution is -2.29. The number of rotatable bonds is 11. The summed E-state index contributed by atoms with van der Waals surface area (Å²) in [6.07, 6.45) is 3.54. The molecule has 1 aliphatic rings. The van der Waals surface area contributed by atoms with E-state index in [1.807, 2.05) is 86.9 Å². The van der Waals surface area contributed by atoms with Crippen LogP contribution in [-0.2, 0) is 9.63 Å². The number of benzene rings is 3. The van der Waals surface area contributed by atoms with Gasteiger partial charge in [0, 0.05) is 49.8 Å². The fourth-order valence-corrected chi connectivity index (χ4v) is 5.07. The molecule has 1 saturated heterocycles. The monoisotopic (exact) mass is 617 g/mol. The summed E-state index contributed by atoms with van der Waals surface area (Å²) in [5, 5.41) is 8.11. The van der Waals surface area contributed by atoms with Gasteiger partial charge in [-0.25, -0.2) is 15.0 Å². The molecular weight excluding hydrogens is 578 g/mol. The number of amides is 1. The lowest BCUT2D eigenvalue weighted by molar-refractivity contribution is -0.111. The van der Waals surface area contributed by atoms with E-state index in [9.17, 15) is 4.79 Å². The van der Waals surface area contributed by atoms with Crippen molar-refractivity contribution in [3.8, 4) is 17.6 Å². The van der Waals surface area contributed by atoms with Crippen molar-refractivity contribution in [3.05, 3.63) is 108 Å². The van der Waals surface area contributed by atoms with Crippen LogP contribution in [0.2, 0.25) is 0 Å². The zero-order valence-corrected chi connectivity index (χ0v) is 26.7. The summed E-state index contributed by atoms with van der Waals surface area (Å²) in [6, 6.07) is 23.7. The van der Waals surface area contributed by atoms with Crippen LogP contribution in [0.1, 0.15) is 29.2 Å². The summed E-state index contributed by atoms with van der Waals surface area (Å²) < 4.78 is 5.76. The highest BCUT2D eigenvalue weighted by Crippen LogP contribution is 2.39. The predicted molar refractivity (Wildman–Crippen MR) is 184 cm³/mol. The Labute approximate surface area is 270 Å². The number of carbonyl (C=O) groups excluding carboxylic acids is 1. The van der Waals surface area contributed by atoms with Crippen molar-refractivity contribution >= 4 is 34.6 Å². The third-order valence-electron chi connectivity index (χ3n) is 7.50. The molecule has 1 unspecified atom stereocenters. The number of hydroxylamine groups is 1. The van der Waals surface area contributed by atoms with Crippen molar-refractivity contribution in [2.24, 2.45) is 0 Å². The molecule has 0 radical (unpaired) electrons. The average Bonchev–Trinajstić information content (AvgIpc) is 3.57. The zero-order chi connectivity index (χ0) is 32.5. The predicted octanol–water partition coefficient (Wildman–Crippen LogP) is 5.63. The van der Waals surface area contributed by atoms with Gasteiger partial charge in [-0.15, -0.1) is 0 Å². The molecule has 4 aromatic rings. The molecule has 1 aliphatic heterocycles. The van der Waals surface area contributed by atoms with E-state index in [0.717, 1.165) is 41.9 Å². The molecule has 5 rings (SSSR count). The number of hydrogen-bond acceptors (Lipinski definition) is 9. The number of methoxy groups -OCH3 is 1. The van der Waals surface area contributed by atoms with Crippen LogP contribution in [0.25, 0.3) is 0 Å². The van der Waals surface area contributed by atoms with Crippen molar-refractivity contribution in [1.29, 1.82) is 0 Å². The van der Waals surface area contributed by atoms with Crippen molar-refractivity contribution < 1.29 is 14.4 Å². The van der Waals surface area contributed by atoms with Gasteiger partial charge in [0.15, 0.2) is 5.82 Å². The van der Waals surface area contributed by atoms with Crippen LogP contribution in [0.15, 0.2) is 91.8 Å². The molecule has 46 heavy (non-hydrogen) atoms. The Kier molecular flexibility index (Phi) is 10.5. The minimum Gasteiger partial charge on any atom is -0.494 e. The Bertz CT molecular complexity index is 1730. The Morgan fingerprint density at radius 1 is 1.02 bits per heavy atom. The quantitative estimate of drug-likeness (QED) is 0.164. The van der Waals surface area contributed by atoms with E-state index in [4.69, 9.17) is 9.57 Å². The smallest absolute Gasteiger partial charge is 0.247 e. The summed E-state index contributed by atoms with van der Waals surface area (Å²) >= 11 is 0. The molecule has 10 heteroatoms. The third kappa shape index (κ3) is 8.01. The van der Waals surface area contributed by atoms with Crippen LogP contribution < -0.4 is 25.3 Å². The van der Waals surface area contributed by atoms with Crippen LogP contribution in [0.4, 0.5) is 28.7 Å². The van der Waals surface area contributed by atoms with Crippen molar-refractivity contribution in [1.82, 2.24) is 14.9 Å². The molecule has 0 saturated carbocycles. The lowest BCUT2D eigenvalue weighted by Gasteiger charge is -2.26. The van der Waals surface area contributed by atoms with Gasteiger partial charge in [-0.05, 0) is 56.1 Å². The molecule has 1 fully saturated rings. The van der Waals surface area contributed by atoms with Crippen molar-refractivity contribution in [2.75, 3.05) is 68.5 Å². The SMILES string of the molecule is C=CC(=O)Nc1cc(Nc2cc(N3OCCC3c3cccc(C#Cc4ccccc4)c3)ncn2)c(OC)cc1N(C)CCN(C)C. The molecule has 1 amide bonds. The Hall–Kier alpha value is -5.37. The first-order chi connectivity index (χ1) is 22.3. The van der Waals surface area contributed by atoms with Gasteiger partial charge < -0.3 is 25.2 Å². The summed E-state index contributed by atoms with van der Waals surface area (Å²) in [5.41, 5.74) is 5.04. The number of anilines is 5. The van der Waals surface area contributed by atoms with Crippen molar-refractivity contribution in [2.45, 2.75) is 12.5 Å².